The van der Waals surface area contributed by atoms with Gasteiger partial charge < -0.3 is 16.2 Å². The maximum absolute atomic E-state index is 7.49. The summed E-state index contributed by atoms with van der Waals surface area (Å²) in [5.41, 5.74) is 15.5. The molecule has 0 aliphatic heterocycles. The van der Waals surface area contributed by atoms with Gasteiger partial charge in [-0.2, -0.15) is 0 Å². The Morgan fingerprint density at radius 3 is 2.12 bits per heavy atom. The van der Waals surface area contributed by atoms with Crippen molar-refractivity contribution in [3.05, 3.63) is 89.5 Å². The normalized spacial score (nSPS) is 10.3. The van der Waals surface area contributed by atoms with Gasteiger partial charge in [0.15, 0.2) is 0 Å². The summed E-state index contributed by atoms with van der Waals surface area (Å²) in [6.07, 6.45) is 0. The first-order chi connectivity index (χ1) is 12.5. The van der Waals surface area contributed by atoms with Gasteiger partial charge in [-0.05, 0) is 34.9 Å². The Labute approximate surface area is 152 Å². The molecule has 0 unspecified atom stereocenters. The minimum Gasteiger partial charge on any atom is -0.489 e. The fourth-order valence-electron chi connectivity index (χ4n) is 2.60. The second-order valence-electron chi connectivity index (χ2n) is 5.92. The average molecular weight is 344 g/mol. The van der Waals surface area contributed by atoms with Gasteiger partial charge in [-0.1, -0.05) is 54.6 Å². The van der Waals surface area contributed by atoms with Crippen molar-refractivity contribution in [2.24, 2.45) is 11.5 Å². The maximum Gasteiger partial charge on any atom is 0.122 e. The van der Waals surface area contributed by atoms with Gasteiger partial charge in [0.05, 0.1) is 0 Å². The first-order valence-electron chi connectivity index (χ1n) is 8.14. The predicted octanol–water partition coefficient (Wildman–Crippen LogP) is 3.50. The molecule has 0 radical (unpaired) electrons. The molecule has 6 N–H and O–H groups in total. The summed E-state index contributed by atoms with van der Waals surface area (Å²) in [7, 11) is 0. The van der Waals surface area contributed by atoms with Gasteiger partial charge in [-0.25, -0.2) is 0 Å². The van der Waals surface area contributed by atoms with Gasteiger partial charge in [0.1, 0.15) is 24.0 Å². The van der Waals surface area contributed by atoms with Gasteiger partial charge in [-0.3, -0.25) is 10.8 Å². The molecule has 0 fully saturated rings. The van der Waals surface area contributed by atoms with E-state index < -0.39 is 0 Å². The van der Waals surface area contributed by atoms with Crippen molar-refractivity contribution in [2.75, 3.05) is 0 Å². The Balaban J connectivity index is 1.74. The number of nitrogens with two attached hydrogens (primary N) is 2. The monoisotopic (exact) mass is 344 g/mol. The molecule has 0 saturated carbocycles. The number of nitrogen functional groups attached to an aromatic ring is 2. The fraction of sp³-hybridized carbons (Fsp3) is 0.0476. The van der Waals surface area contributed by atoms with Crippen LogP contribution in [0, 0.1) is 10.8 Å². The molecule has 0 heterocycles. The highest BCUT2D eigenvalue weighted by Crippen LogP contribution is 2.22. The van der Waals surface area contributed by atoms with Crippen LogP contribution in [0.25, 0.3) is 11.1 Å². The van der Waals surface area contributed by atoms with Gasteiger partial charge in [0, 0.05) is 11.1 Å². The molecule has 0 atom stereocenters. The van der Waals surface area contributed by atoms with Crippen molar-refractivity contribution in [1.29, 1.82) is 10.8 Å². The van der Waals surface area contributed by atoms with E-state index in [2.05, 4.69) is 6.07 Å². The summed E-state index contributed by atoms with van der Waals surface area (Å²) in [5.74, 6) is 0.756. The maximum atomic E-state index is 7.49. The molecule has 5 nitrogen and oxygen atoms in total. The molecular formula is C21H20N4O. The number of benzene rings is 3. The van der Waals surface area contributed by atoms with Crippen LogP contribution >= 0.6 is 0 Å². The van der Waals surface area contributed by atoms with E-state index in [1.165, 1.54) is 0 Å². The summed E-state index contributed by atoms with van der Waals surface area (Å²) in [6.45, 7) is 0.417. The van der Waals surface area contributed by atoms with E-state index in [0.717, 1.165) is 16.7 Å². The second kappa shape index (κ2) is 7.53. The lowest BCUT2D eigenvalue weighted by molar-refractivity contribution is 0.306. The van der Waals surface area contributed by atoms with Crippen molar-refractivity contribution >= 4 is 11.7 Å². The first kappa shape index (κ1) is 17.2. The molecule has 130 valence electrons. The Bertz CT molecular complexity index is 948. The van der Waals surface area contributed by atoms with Crippen molar-refractivity contribution < 1.29 is 4.74 Å². The topological polar surface area (TPSA) is 109 Å². The van der Waals surface area contributed by atoms with Crippen LogP contribution in [0.3, 0.4) is 0 Å². The zero-order valence-corrected chi connectivity index (χ0v) is 14.2. The second-order valence-corrected chi connectivity index (χ2v) is 5.92. The number of rotatable bonds is 6. The molecule has 0 bridgehead atoms. The minimum atomic E-state index is 0.0199. The van der Waals surface area contributed by atoms with Crippen LogP contribution in [0.1, 0.15) is 16.7 Å². The zero-order valence-electron chi connectivity index (χ0n) is 14.2. The summed E-state index contributed by atoms with van der Waals surface area (Å²) in [4.78, 5) is 0. The molecule has 3 aromatic carbocycles. The molecule has 3 rings (SSSR count). The molecule has 0 spiro atoms. The van der Waals surface area contributed by atoms with Crippen molar-refractivity contribution in [3.63, 3.8) is 0 Å². The Kier molecular flexibility index (Phi) is 4.99. The van der Waals surface area contributed by atoms with Crippen molar-refractivity contribution in [2.45, 2.75) is 6.61 Å². The van der Waals surface area contributed by atoms with Gasteiger partial charge in [-0.15, -0.1) is 0 Å². The summed E-state index contributed by atoms with van der Waals surface area (Å²) in [6, 6.07) is 22.9. The summed E-state index contributed by atoms with van der Waals surface area (Å²) < 4.78 is 5.83. The Morgan fingerprint density at radius 2 is 1.42 bits per heavy atom. The third kappa shape index (κ3) is 4.08. The van der Waals surface area contributed by atoms with E-state index >= 15 is 0 Å². The van der Waals surface area contributed by atoms with Gasteiger partial charge in [0.2, 0.25) is 0 Å². The number of amidine groups is 2. The molecule has 0 saturated heterocycles. The van der Waals surface area contributed by atoms with Gasteiger partial charge >= 0.3 is 0 Å². The van der Waals surface area contributed by atoms with Crippen LogP contribution in [0.4, 0.5) is 0 Å². The lowest BCUT2D eigenvalue weighted by Gasteiger charge is -2.10. The molecule has 26 heavy (non-hydrogen) atoms. The van der Waals surface area contributed by atoms with Crippen LogP contribution in [0.5, 0.6) is 5.75 Å². The Morgan fingerprint density at radius 1 is 0.731 bits per heavy atom. The smallest absolute Gasteiger partial charge is 0.122 e. The fourth-order valence-corrected chi connectivity index (χ4v) is 2.60. The molecule has 3 aromatic rings. The van der Waals surface area contributed by atoms with E-state index in [9.17, 15) is 0 Å². The standard InChI is InChI=1S/C21H20N4O/c22-20(23)16-9-7-15(8-10-16)17-4-1-3-14(11-17)13-26-19-6-2-5-18(12-19)21(24)25/h1-12H,13H2,(H3,22,23)(H3,24,25). The quantitative estimate of drug-likeness (QED) is 0.406. The summed E-state index contributed by atoms with van der Waals surface area (Å²) >= 11 is 0. The first-order valence-corrected chi connectivity index (χ1v) is 8.14. The van der Waals surface area contributed by atoms with E-state index in [0.29, 0.717) is 23.5 Å². The minimum absolute atomic E-state index is 0.0199. The predicted molar refractivity (Wildman–Crippen MR) is 105 cm³/mol. The highest BCUT2D eigenvalue weighted by atomic mass is 16.5. The van der Waals surface area contributed by atoms with Crippen molar-refractivity contribution in [3.8, 4) is 16.9 Å². The van der Waals surface area contributed by atoms with Crippen LogP contribution in [0.2, 0.25) is 0 Å². The zero-order chi connectivity index (χ0) is 18.5. The lowest BCUT2D eigenvalue weighted by atomic mass is 10.0. The van der Waals surface area contributed by atoms with Crippen molar-refractivity contribution in [1.82, 2.24) is 0 Å². The number of nitrogens with one attached hydrogen (secondary N) is 2. The average Bonchev–Trinajstić information content (AvgIpc) is 2.67. The largest absolute Gasteiger partial charge is 0.489 e. The van der Waals surface area contributed by atoms with Crippen LogP contribution in [0.15, 0.2) is 72.8 Å². The van der Waals surface area contributed by atoms with Crippen LogP contribution in [-0.2, 0) is 6.61 Å². The highest BCUT2D eigenvalue weighted by Gasteiger charge is 2.03. The SMILES string of the molecule is N=C(N)c1ccc(-c2cccc(COc3cccc(C(=N)N)c3)c2)cc1. The lowest BCUT2D eigenvalue weighted by Crippen LogP contribution is -2.10. The highest BCUT2D eigenvalue weighted by molar-refractivity contribution is 5.95. The number of hydrogen-bond donors (Lipinski definition) is 4. The molecule has 0 aliphatic carbocycles. The molecule has 0 aliphatic rings. The third-order valence-electron chi connectivity index (χ3n) is 4.01. The Hall–Kier alpha value is -3.60. The molecular weight excluding hydrogens is 324 g/mol. The van der Waals surface area contributed by atoms with Crippen LogP contribution in [-0.4, -0.2) is 11.7 Å². The van der Waals surface area contributed by atoms with Crippen LogP contribution < -0.4 is 16.2 Å². The van der Waals surface area contributed by atoms with E-state index in [4.69, 9.17) is 27.0 Å². The van der Waals surface area contributed by atoms with Gasteiger partial charge in [0.25, 0.3) is 0 Å². The number of ether oxygens (including phenoxy) is 1. The number of hydrogen-bond acceptors (Lipinski definition) is 3. The molecule has 5 heteroatoms. The molecule has 0 amide bonds. The third-order valence-corrected chi connectivity index (χ3v) is 4.01. The van der Waals surface area contributed by atoms with E-state index in [1.54, 1.807) is 12.1 Å². The molecule has 0 aromatic heterocycles. The van der Waals surface area contributed by atoms with E-state index in [1.807, 2.05) is 54.6 Å². The summed E-state index contributed by atoms with van der Waals surface area (Å²) in [5, 5.41) is 15.0. The van der Waals surface area contributed by atoms with E-state index in [-0.39, 0.29) is 11.7 Å².